The van der Waals surface area contributed by atoms with Gasteiger partial charge in [0.15, 0.2) is 0 Å². The average molecular weight is 307 g/mol. The van der Waals surface area contributed by atoms with Crippen molar-refractivity contribution in [1.29, 1.82) is 5.26 Å². The summed E-state index contributed by atoms with van der Waals surface area (Å²) < 4.78 is 27.4. The molecule has 0 unspecified atom stereocenters. The third-order valence-corrected chi connectivity index (χ3v) is 6.01. The number of benzene rings is 1. The Labute approximate surface area is 126 Å². The molecule has 1 aromatic rings. The highest BCUT2D eigenvalue weighted by atomic mass is 32.2. The molecule has 1 saturated heterocycles. The molecule has 0 saturated carbocycles. The van der Waals surface area contributed by atoms with Crippen LogP contribution in [-0.2, 0) is 10.0 Å². The predicted octanol–water partition coefficient (Wildman–Crippen LogP) is 1.76. The second-order valence-corrected chi connectivity index (χ2v) is 7.46. The van der Waals surface area contributed by atoms with Crippen molar-refractivity contribution in [1.82, 2.24) is 4.31 Å². The summed E-state index contributed by atoms with van der Waals surface area (Å²) in [4.78, 5) is 0.0950. The van der Waals surface area contributed by atoms with Crippen molar-refractivity contribution in [2.45, 2.75) is 50.1 Å². The maximum absolute atomic E-state index is 13.0. The average Bonchev–Trinajstić information content (AvgIpc) is 2.46. The minimum Gasteiger partial charge on any atom is -0.326 e. The van der Waals surface area contributed by atoms with Crippen molar-refractivity contribution in [3.63, 3.8) is 0 Å². The van der Waals surface area contributed by atoms with Gasteiger partial charge in [0, 0.05) is 18.6 Å². The first kappa shape index (κ1) is 16.0. The van der Waals surface area contributed by atoms with Crippen molar-refractivity contribution < 1.29 is 8.42 Å². The van der Waals surface area contributed by atoms with Gasteiger partial charge in [-0.2, -0.15) is 9.57 Å². The minimum absolute atomic E-state index is 0.0950. The number of nitrogens with two attached hydrogens (primary N) is 1. The normalized spacial score (nSPS) is 21.7. The lowest BCUT2D eigenvalue weighted by Gasteiger charge is -2.37. The van der Waals surface area contributed by atoms with Gasteiger partial charge in [0.05, 0.1) is 5.56 Å². The summed E-state index contributed by atoms with van der Waals surface area (Å²) in [6.07, 6.45) is 2.58. The number of hydrogen-bond acceptors (Lipinski definition) is 4. The lowest BCUT2D eigenvalue weighted by molar-refractivity contribution is 0.227. The molecule has 2 N–H and O–H groups in total. The fraction of sp³-hybridized carbons (Fsp3) is 0.533. The first-order valence-electron chi connectivity index (χ1n) is 7.16. The van der Waals surface area contributed by atoms with E-state index < -0.39 is 10.0 Å². The first-order chi connectivity index (χ1) is 9.89. The van der Waals surface area contributed by atoms with Crippen LogP contribution in [0.2, 0.25) is 0 Å². The SMILES string of the molecule is Cc1cccc(S(=O)(=O)N2CCCC[C@H]2[C@H](C)N)c1C#N. The van der Waals surface area contributed by atoms with E-state index in [-0.39, 0.29) is 22.5 Å². The highest BCUT2D eigenvalue weighted by Crippen LogP contribution is 2.29. The molecule has 1 aliphatic heterocycles. The molecule has 114 valence electrons. The van der Waals surface area contributed by atoms with Gasteiger partial charge < -0.3 is 5.73 Å². The Morgan fingerprint density at radius 2 is 2.14 bits per heavy atom. The molecular weight excluding hydrogens is 286 g/mol. The first-order valence-corrected chi connectivity index (χ1v) is 8.60. The van der Waals surface area contributed by atoms with Gasteiger partial charge in [0.1, 0.15) is 11.0 Å². The van der Waals surface area contributed by atoms with Crippen LogP contribution >= 0.6 is 0 Å². The number of piperidine rings is 1. The van der Waals surface area contributed by atoms with Crippen LogP contribution in [0.5, 0.6) is 0 Å². The van der Waals surface area contributed by atoms with Gasteiger partial charge >= 0.3 is 0 Å². The van der Waals surface area contributed by atoms with Crippen LogP contribution < -0.4 is 5.73 Å². The van der Waals surface area contributed by atoms with Crippen LogP contribution in [0.4, 0.5) is 0 Å². The van der Waals surface area contributed by atoms with Gasteiger partial charge in [-0.25, -0.2) is 8.42 Å². The Balaban J connectivity index is 2.51. The highest BCUT2D eigenvalue weighted by molar-refractivity contribution is 7.89. The van der Waals surface area contributed by atoms with Gasteiger partial charge in [0.2, 0.25) is 10.0 Å². The molecule has 0 amide bonds. The quantitative estimate of drug-likeness (QED) is 0.921. The summed E-state index contributed by atoms with van der Waals surface area (Å²) in [7, 11) is -3.69. The van der Waals surface area contributed by atoms with Crippen LogP contribution in [-0.4, -0.2) is 31.4 Å². The molecule has 21 heavy (non-hydrogen) atoms. The fourth-order valence-electron chi connectivity index (χ4n) is 2.88. The summed E-state index contributed by atoms with van der Waals surface area (Å²) >= 11 is 0. The minimum atomic E-state index is -3.69. The third kappa shape index (κ3) is 2.95. The van der Waals surface area contributed by atoms with E-state index in [0.29, 0.717) is 12.1 Å². The lowest BCUT2D eigenvalue weighted by Crippen LogP contribution is -2.51. The van der Waals surface area contributed by atoms with E-state index in [0.717, 1.165) is 19.3 Å². The molecule has 1 fully saturated rings. The molecule has 2 rings (SSSR count). The number of rotatable bonds is 3. The van der Waals surface area contributed by atoms with E-state index in [1.165, 1.54) is 10.4 Å². The maximum atomic E-state index is 13.0. The van der Waals surface area contributed by atoms with Crippen molar-refractivity contribution in [2.75, 3.05) is 6.54 Å². The summed E-state index contributed by atoms with van der Waals surface area (Å²) in [5, 5.41) is 9.28. The Morgan fingerprint density at radius 1 is 1.43 bits per heavy atom. The smallest absolute Gasteiger partial charge is 0.244 e. The van der Waals surface area contributed by atoms with Crippen LogP contribution in [0, 0.1) is 18.3 Å². The van der Waals surface area contributed by atoms with E-state index in [1.54, 1.807) is 19.1 Å². The number of aryl methyl sites for hydroxylation is 1. The second-order valence-electron chi connectivity index (χ2n) is 5.60. The molecule has 1 aromatic carbocycles. The predicted molar refractivity (Wildman–Crippen MR) is 81.1 cm³/mol. The number of hydrogen-bond donors (Lipinski definition) is 1. The zero-order chi connectivity index (χ0) is 15.6. The molecular formula is C15H21N3O2S. The number of nitriles is 1. The van der Waals surface area contributed by atoms with Crippen molar-refractivity contribution in [3.8, 4) is 6.07 Å². The zero-order valence-corrected chi connectivity index (χ0v) is 13.2. The molecule has 0 bridgehead atoms. The molecule has 0 aromatic heterocycles. The molecule has 2 atom stereocenters. The van der Waals surface area contributed by atoms with Crippen molar-refractivity contribution in [2.24, 2.45) is 5.73 Å². The largest absolute Gasteiger partial charge is 0.326 e. The van der Waals surface area contributed by atoms with E-state index >= 15 is 0 Å². The maximum Gasteiger partial charge on any atom is 0.244 e. The summed E-state index contributed by atoms with van der Waals surface area (Å²) in [5.41, 5.74) is 6.86. The number of sulfonamides is 1. The standard InChI is InChI=1S/C15H21N3O2S/c1-11-6-5-8-15(13(11)10-16)21(19,20)18-9-4-3-7-14(18)12(2)17/h5-6,8,12,14H,3-4,7,9,17H2,1-2H3/t12-,14-/m0/s1. The molecule has 0 radical (unpaired) electrons. The third-order valence-electron chi connectivity index (χ3n) is 4.04. The van der Waals surface area contributed by atoms with Crippen LogP contribution in [0.15, 0.2) is 23.1 Å². The van der Waals surface area contributed by atoms with E-state index in [4.69, 9.17) is 5.73 Å². The molecule has 1 aliphatic rings. The Morgan fingerprint density at radius 3 is 2.76 bits per heavy atom. The number of nitrogens with zero attached hydrogens (tertiary/aromatic N) is 2. The van der Waals surface area contributed by atoms with Gasteiger partial charge in [-0.05, 0) is 38.3 Å². The van der Waals surface area contributed by atoms with Gasteiger partial charge in [-0.1, -0.05) is 18.6 Å². The molecule has 0 spiro atoms. The summed E-state index contributed by atoms with van der Waals surface area (Å²) in [6, 6.07) is 6.52. The lowest BCUT2D eigenvalue weighted by atomic mass is 10.00. The van der Waals surface area contributed by atoms with Crippen molar-refractivity contribution in [3.05, 3.63) is 29.3 Å². The summed E-state index contributed by atoms with van der Waals surface area (Å²) in [6.45, 7) is 4.05. The van der Waals surface area contributed by atoms with Crippen LogP contribution in [0.3, 0.4) is 0 Å². The molecule has 6 heteroatoms. The van der Waals surface area contributed by atoms with Crippen LogP contribution in [0.1, 0.15) is 37.3 Å². The Hall–Kier alpha value is -1.42. The van der Waals surface area contributed by atoms with E-state index in [9.17, 15) is 13.7 Å². The van der Waals surface area contributed by atoms with E-state index in [2.05, 4.69) is 0 Å². The monoisotopic (exact) mass is 307 g/mol. The Bertz CT molecular complexity index is 662. The van der Waals surface area contributed by atoms with Gasteiger partial charge in [-0.3, -0.25) is 0 Å². The fourth-order valence-corrected chi connectivity index (χ4v) is 4.87. The molecule has 5 nitrogen and oxygen atoms in total. The Kier molecular flexibility index (Phi) is 4.67. The van der Waals surface area contributed by atoms with Crippen LogP contribution in [0.25, 0.3) is 0 Å². The van der Waals surface area contributed by atoms with E-state index in [1.807, 2.05) is 13.0 Å². The second kappa shape index (κ2) is 6.14. The van der Waals surface area contributed by atoms with Gasteiger partial charge in [0.25, 0.3) is 0 Å². The topological polar surface area (TPSA) is 87.2 Å². The van der Waals surface area contributed by atoms with Gasteiger partial charge in [-0.15, -0.1) is 0 Å². The zero-order valence-electron chi connectivity index (χ0n) is 12.4. The highest BCUT2D eigenvalue weighted by Gasteiger charge is 2.36. The molecule has 0 aliphatic carbocycles. The summed E-state index contributed by atoms with van der Waals surface area (Å²) in [5.74, 6) is 0. The van der Waals surface area contributed by atoms with Crippen molar-refractivity contribution >= 4 is 10.0 Å². The molecule has 1 heterocycles.